The van der Waals surface area contributed by atoms with Crippen LogP contribution in [0.1, 0.15) is 47.0 Å². The molecule has 17 heavy (non-hydrogen) atoms. The second-order valence-electron chi connectivity index (χ2n) is 6.05. The van der Waals surface area contributed by atoms with Crippen molar-refractivity contribution in [2.45, 2.75) is 53.1 Å². The predicted octanol–water partition coefficient (Wildman–Crippen LogP) is 3.04. The van der Waals surface area contributed by atoms with Crippen LogP contribution in [0.5, 0.6) is 0 Å². The van der Waals surface area contributed by atoms with Gasteiger partial charge in [0.2, 0.25) is 0 Å². The average molecular weight is 240 g/mol. The summed E-state index contributed by atoms with van der Waals surface area (Å²) in [5.41, 5.74) is 5.48. The van der Waals surface area contributed by atoms with Crippen LogP contribution >= 0.6 is 0 Å². The fraction of sp³-hybridized carbons (Fsp3) is 0.929. The Balaban J connectivity index is 2.49. The van der Waals surface area contributed by atoms with Gasteiger partial charge in [-0.2, -0.15) is 0 Å². The highest BCUT2D eigenvalue weighted by Crippen LogP contribution is 2.35. The van der Waals surface area contributed by atoms with E-state index in [1.54, 1.807) is 0 Å². The Kier molecular flexibility index (Phi) is 5.44. The van der Waals surface area contributed by atoms with E-state index in [-0.39, 0.29) is 11.8 Å². The van der Waals surface area contributed by atoms with Crippen LogP contribution in [0.25, 0.3) is 0 Å². The van der Waals surface area contributed by atoms with Crippen LogP contribution < -0.4 is 5.73 Å². The van der Waals surface area contributed by atoms with E-state index in [9.17, 15) is 0 Å². The number of hydrogen-bond acceptors (Lipinski definition) is 2. The third-order valence-corrected chi connectivity index (χ3v) is 4.05. The molecule has 4 unspecified atom stereocenters. The van der Waals surface area contributed by atoms with Gasteiger partial charge >= 0.3 is 0 Å². The zero-order valence-corrected chi connectivity index (χ0v) is 11.7. The first-order valence-corrected chi connectivity index (χ1v) is 6.87. The fourth-order valence-corrected chi connectivity index (χ4v) is 2.66. The van der Waals surface area contributed by atoms with Gasteiger partial charge < -0.3 is 10.5 Å². The topological polar surface area (TPSA) is 59.1 Å². The SMILES string of the molecule is CC1CCC(C(C)C)C(OCC(C)C(=N)N)C1. The lowest BCUT2D eigenvalue weighted by Gasteiger charge is -2.37. The van der Waals surface area contributed by atoms with Gasteiger partial charge in [0.1, 0.15) is 0 Å². The van der Waals surface area contributed by atoms with Gasteiger partial charge in [-0.25, -0.2) is 0 Å². The van der Waals surface area contributed by atoms with Gasteiger partial charge in [-0.1, -0.05) is 34.1 Å². The van der Waals surface area contributed by atoms with Crippen LogP contribution in [0, 0.1) is 29.1 Å². The second kappa shape index (κ2) is 6.39. The largest absolute Gasteiger partial charge is 0.387 e. The van der Waals surface area contributed by atoms with E-state index in [2.05, 4.69) is 20.8 Å². The maximum atomic E-state index is 7.39. The van der Waals surface area contributed by atoms with Crippen molar-refractivity contribution in [3.05, 3.63) is 0 Å². The summed E-state index contributed by atoms with van der Waals surface area (Å²) in [6, 6.07) is 0. The Bertz CT molecular complexity index is 253. The first kappa shape index (κ1) is 14.5. The van der Waals surface area contributed by atoms with Gasteiger partial charge in [0.25, 0.3) is 0 Å². The molecule has 100 valence electrons. The van der Waals surface area contributed by atoms with Gasteiger partial charge in [-0.3, -0.25) is 5.41 Å². The molecule has 0 spiro atoms. The summed E-state index contributed by atoms with van der Waals surface area (Å²) >= 11 is 0. The van der Waals surface area contributed by atoms with Crippen molar-refractivity contribution < 1.29 is 4.74 Å². The number of rotatable bonds is 5. The van der Waals surface area contributed by atoms with Gasteiger partial charge in [0, 0.05) is 5.92 Å². The molecule has 3 nitrogen and oxygen atoms in total. The van der Waals surface area contributed by atoms with Crippen molar-refractivity contribution in [1.82, 2.24) is 0 Å². The number of amidine groups is 1. The Morgan fingerprint density at radius 2 is 2.00 bits per heavy atom. The van der Waals surface area contributed by atoms with E-state index in [4.69, 9.17) is 15.9 Å². The molecule has 3 N–H and O–H groups in total. The molecule has 0 saturated heterocycles. The standard InChI is InChI=1S/C14H28N2O/c1-9(2)12-6-5-10(3)7-13(12)17-8-11(4)14(15)16/h9-13H,5-8H2,1-4H3,(H3,15,16). The Morgan fingerprint density at radius 3 is 2.53 bits per heavy atom. The number of ether oxygens (including phenoxy) is 1. The number of nitrogens with two attached hydrogens (primary N) is 1. The van der Waals surface area contributed by atoms with E-state index in [1.165, 1.54) is 12.8 Å². The molecule has 1 fully saturated rings. The van der Waals surface area contributed by atoms with Crippen molar-refractivity contribution >= 4 is 5.84 Å². The molecule has 0 aromatic rings. The van der Waals surface area contributed by atoms with Crippen LogP contribution in [0.4, 0.5) is 0 Å². The molecule has 1 rings (SSSR count). The molecule has 4 atom stereocenters. The quantitative estimate of drug-likeness (QED) is 0.573. The molecule has 0 bridgehead atoms. The minimum absolute atomic E-state index is 0.0417. The maximum Gasteiger partial charge on any atom is 0.0957 e. The molecule has 0 heterocycles. The maximum absolute atomic E-state index is 7.39. The summed E-state index contributed by atoms with van der Waals surface area (Å²) in [5.74, 6) is 2.39. The fourth-order valence-electron chi connectivity index (χ4n) is 2.66. The average Bonchev–Trinajstić information content (AvgIpc) is 2.25. The zero-order valence-electron chi connectivity index (χ0n) is 11.7. The van der Waals surface area contributed by atoms with Crippen LogP contribution in [0.3, 0.4) is 0 Å². The first-order valence-electron chi connectivity index (χ1n) is 6.87. The summed E-state index contributed by atoms with van der Waals surface area (Å²) in [4.78, 5) is 0. The summed E-state index contributed by atoms with van der Waals surface area (Å²) in [6.07, 6.45) is 4.12. The third kappa shape index (κ3) is 4.30. The van der Waals surface area contributed by atoms with Crippen molar-refractivity contribution in [3.63, 3.8) is 0 Å². The highest BCUT2D eigenvalue weighted by molar-refractivity contribution is 5.79. The highest BCUT2D eigenvalue weighted by atomic mass is 16.5. The minimum atomic E-state index is 0.0417. The molecule has 1 saturated carbocycles. The zero-order chi connectivity index (χ0) is 13.0. The third-order valence-electron chi connectivity index (χ3n) is 4.05. The van der Waals surface area contributed by atoms with Gasteiger partial charge in [0.15, 0.2) is 0 Å². The molecular weight excluding hydrogens is 212 g/mol. The lowest BCUT2D eigenvalue weighted by molar-refractivity contribution is -0.0435. The van der Waals surface area contributed by atoms with E-state index < -0.39 is 0 Å². The van der Waals surface area contributed by atoms with E-state index in [1.807, 2.05) is 6.92 Å². The highest BCUT2D eigenvalue weighted by Gasteiger charge is 2.31. The van der Waals surface area contributed by atoms with Crippen LogP contribution in [-0.2, 0) is 4.74 Å². The normalized spacial score (nSPS) is 31.5. The van der Waals surface area contributed by atoms with Crippen LogP contribution in [-0.4, -0.2) is 18.5 Å². The molecule has 1 aliphatic carbocycles. The van der Waals surface area contributed by atoms with Crippen molar-refractivity contribution in [1.29, 1.82) is 5.41 Å². The molecule has 0 amide bonds. The second-order valence-corrected chi connectivity index (χ2v) is 6.05. The molecule has 1 aliphatic rings. The Hall–Kier alpha value is -0.570. The Morgan fingerprint density at radius 1 is 1.35 bits per heavy atom. The summed E-state index contributed by atoms with van der Waals surface area (Å²) in [6.45, 7) is 9.42. The Labute approximate surface area is 106 Å². The molecule has 0 radical (unpaired) electrons. The van der Waals surface area contributed by atoms with Gasteiger partial charge in [-0.05, 0) is 30.6 Å². The summed E-state index contributed by atoms with van der Waals surface area (Å²) in [7, 11) is 0. The van der Waals surface area contributed by atoms with Gasteiger partial charge in [0.05, 0.1) is 18.5 Å². The first-order chi connectivity index (χ1) is 7.91. The molecule has 0 aromatic heterocycles. The summed E-state index contributed by atoms with van der Waals surface area (Å²) in [5, 5.41) is 7.39. The van der Waals surface area contributed by atoms with E-state index >= 15 is 0 Å². The molecular formula is C14H28N2O. The van der Waals surface area contributed by atoms with E-state index in [0.29, 0.717) is 24.5 Å². The van der Waals surface area contributed by atoms with Gasteiger partial charge in [-0.15, -0.1) is 0 Å². The molecule has 3 heteroatoms. The van der Waals surface area contributed by atoms with Crippen molar-refractivity contribution in [2.75, 3.05) is 6.61 Å². The number of hydrogen-bond donors (Lipinski definition) is 2. The van der Waals surface area contributed by atoms with Crippen LogP contribution in [0.15, 0.2) is 0 Å². The summed E-state index contributed by atoms with van der Waals surface area (Å²) < 4.78 is 6.03. The molecule has 0 aliphatic heterocycles. The van der Waals surface area contributed by atoms with E-state index in [0.717, 1.165) is 12.3 Å². The lowest BCUT2D eigenvalue weighted by atomic mass is 9.75. The smallest absolute Gasteiger partial charge is 0.0957 e. The van der Waals surface area contributed by atoms with Crippen molar-refractivity contribution in [3.8, 4) is 0 Å². The number of nitrogens with one attached hydrogen (secondary N) is 1. The van der Waals surface area contributed by atoms with Crippen molar-refractivity contribution in [2.24, 2.45) is 29.4 Å². The van der Waals surface area contributed by atoms with Crippen LogP contribution in [0.2, 0.25) is 0 Å². The monoisotopic (exact) mass is 240 g/mol. The minimum Gasteiger partial charge on any atom is -0.387 e. The molecule has 0 aromatic carbocycles. The lowest BCUT2D eigenvalue weighted by Crippen LogP contribution is -2.36. The predicted molar refractivity (Wildman–Crippen MR) is 72.2 cm³/mol.